The molecular weight excluding hydrogens is 163 g/mol. The maximum atomic E-state index is 12.8. The molecule has 1 aromatic carbocycles. The summed E-state index contributed by atoms with van der Waals surface area (Å²) in [6.45, 7) is 0. The van der Waals surface area contributed by atoms with E-state index in [-0.39, 0.29) is 16.9 Å². The second-order valence-corrected chi connectivity index (χ2v) is 2.35. The summed E-state index contributed by atoms with van der Waals surface area (Å²) in [5.41, 5.74) is 0.0746. The third-order valence-electron chi connectivity index (χ3n) is 1.66. The number of ether oxygens (including phenoxy) is 1. The lowest BCUT2D eigenvalue weighted by molar-refractivity contribution is 0.0647. The Bertz CT molecular complexity index is 384. The van der Waals surface area contributed by atoms with Crippen LogP contribution in [0.3, 0.4) is 0 Å². The first-order valence-electron chi connectivity index (χ1n) is 3.24. The molecule has 4 heteroatoms. The molecule has 0 saturated carbocycles. The van der Waals surface area contributed by atoms with Crippen molar-refractivity contribution >= 4 is 12.3 Å². The van der Waals surface area contributed by atoms with E-state index in [9.17, 15) is 14.0 Å². The van der Waals surface area contributed by atoms with Gasteiger partial charge in [0.15, 0.2) is 12.0 Å². The Morgan fingerprint density at radius 3 is 2.75 bits per heavy atom. The van der Waals surface area contributed by atoms with Crippen LogP contribution >= 0.6 is 0 Å². The molecule has 0 aliphatic carbocycles. The summed E-state index contributed by atoms with van der Waals surface area (Å²) in [4.78, 5) is 21.0. The van der Waals surface area contributed by atoms with E-state index >= 15 is 0 Å². The first-order valence-corrected chi connectivity index (χ1v) is 3.24. The number of rotatable bonds is 1. The van der Waals surface area contributed by atoms with Gasteiger partial charge in [0.25, 0.3) is 0 Å². The molecule has 2 rings (SSSR count). The monoisotopic (exact) mass is 166 g/mol. The summed E-state index contributed by atoms with van der Waals surface area (Å²) in [5, 5.41) is 0. The van der Waals surface area contributed by atoms with E-state index in [0.717, 1.165) is 6.07 Å². The molecule has 0 atom stereocenters. The number of hydrogen-bond acceptors (Lipinski definition) is 3. The highest BCUT2D eigenvalue weighted by molar-refractivity contribution is 6.05. The Kier molecular flexibility index (Phi) is 1.24. The predicted octanol–water partition coefficient (Wildman–Crippen LogP) is 1.17. The fourth-order valence-electron chi connectivity index (χ4n) is 1.07. The number of esters is 1. The molecule has 0 amide bonds. The topological polar surface area (TPSA) is 43.4 Å². The zero-order valence-corrected chi connectivity index (χ0v) is 5.83. The second-order valence-electron chi connectivity index (χ2n) is 2.35. The number of fused-ring (bicyclic) bond motifs is 1. The normalized spacial score (nSPS) is 12.9. The zero-order chi connectivity index (χ0) is 8.72. The van der Waals surface area contributed by atoms with E-state index in [1.165, 1.54) is 6.07 Å². The smallest absolute Gasteiger partial charge is 0.350 e. The lowest BCUT2D eigenvalue weighted by atomic mass is 10.1. The lowest BCUT2D eigenvalue weighted by Crippen LogP contribution is -2.24. The van der Waals surface area contributed by atoms with Crippen molar-refractivity contribution in [2.24, 2.45) is 0 Å². The second kappa shape index (κ2) is 2.14. The van der Waals surface area contributed by atoms with Crippen molar-refractivity contribution in [3.05, 3.63) is 29.1 Å². The van der Waals surface area contributed by atoms with Gasteiger partial charge in [0.1, 0.15) is 11.4 Å². The van der Waals surface area contributed by atoms with Crippen molar-refractivity contribution in [3.8, 4) is 5.75 Å². The molecule has 0 unspecified atom stereocenters. The number of aldehydes is 1. The van der Waals surface area contributed by atoms with Gasteiger partial charge in [-0.25, -0.2) is 9.18 Å². The number of carbonyl (C=O) groups is 2. The molecular formula is C8H3FO3. The maximum absolute atomic E-state index is 12.8. The standard InChI is InChI=1S/C8H3FO3/c9-5-2-1-4(3-10)7-6(5)8(11)12-7/h1-3H. The van der Waals surface area contributed by atoms with Gasteiger partial charge < -0.3 is 4.74 Å². The Morgan fingerprint density at radius 1 is 1.42 bits per heavy atom. The van der Waals surface area contributed by atoms with Crippen molar-refractivity contribution in [1.29, 1.82) is 0 Å². The molecule has 1 aliphatic heterocycles. The minimum atomic E-state index is -0.716. The van der Waals surface area contributed by atoms with E-state index in [4.69, 9.17) is 0 Å². The summed E-state index contributed by atoms with van der Waals surface area (Å²) >= 11 is 0. The van der Waals surface area contributed by atoms with Crippen molar-refractivity contribution in [3.63, 3.8) is 0 Å². The summed E-state index contributed by atoms with van der Waals surface area (Å²) < 4.78 is 17.3. The third-order valence-corrected chi connectivity index (χ3v) is 1.66. The van der Waals surface area contributed by atoms with Crippen LogP contribution in [0.5, 0.6) is 5.75 Å². The van der Waals surface area contributed by atoms with Crippen molar-refractivity contribution in [2.75, 3.05) is 0 Å². The fraction of sp³-hybridized carbons (Fsp3) is 0. The van der Waals surface area contributed by atoms with Crippen LogP contribution in [0.2, 0.25) is 0 Å². The highest BCUT2D eigenvalue weighted by Crippen LogP contribution is 2.33. The van der Waals surface area contributed by atoms with Crippen LogP contribution < -0.4 is 4.74 Å². The van der Waals surface area contributed by atoms with E-state index in [2.05, 4.69) is 4.74 Å². The molecule has 0 fully saturated rings. The Hall–Kier alpha value is -1.71. The first kappa shape index (κ1) is 6.97. The van der Waals surface area contributed by atoms with Crippen LogP contribution in [0, 0.1) is 5.82 Å². The number of benzene rings is 1. The quantitative estimate of drug-likeness (QED) is 0.464. The van der Waals surface area contributed by atoms with Crippen molar-refractivity contribution in [2.45, 2.75) is 0 Å². The van der Waals surface area contributed by atoms with Gasteiger partial charge >= 0.3 is 5.97 Å². The van der Waals surface area contributed by atoms with Gasteiger partial charge in [0.2, 0.25) is 0 Å². The molecule has 0 aromatic heterocycles. The number of carbonyl (C=O) groups excluding carboxylic acids is 2. The van der Waals surface area contributed by atoms with Crippen LogP contribution in [0.15, 0.2) is 12.1 Å². The summed E-state index contributed by atoms with van der Waals surface area (Å²) in [6, 6.07) is 2.34. The summed E-state index contributed by atoms with van der Waals surface area (Å²) in [6.07, 6.45) is 0.519. The van der Waals surface area contributed by atoms with Gasteiger partial charge in [-0.15, -0.1) is 0 Å². The fourth-order valence-corrected chi connectivity index (χ4v) is 1.07. The molecule has 1 heterocycles. The van der Waals surface area contributed by atoms with Gasteiger partial charge in [-0.2, -0.15) is 0 Å². The zero-order valence-electron chi connectivity index (χ0n) is 5.83. The molecule has 0 N–H and O–H groups in total. The first-order chi connectivity index (χ1) is 5.74. The van der Waals surface area contributed by atoms with Crippen LogP contribution in [0.4, 0.5) is 4.39 Å². The Morgan fingerprint density at radius 2 is 2.17 bits per heavy atom. The Labute approximate surface area is 66.8 Å². The van der Waals surface area contributed by atoms with Crippen molar-refractivity contribution in [1.82, 2.24) is 0 Å². The molecule has 0 spiro atoms. The van der Waals surface area contributed by atoms with Crippen LogP contribution in [-0.2, 0) is 0 Å². The predicted molar refractivity (Wildman–Crippen MR) is 36.7 cm³/mol. The van der Waals surface area contributed by atoms with Gasteiger partial charge in [0, 0.05) is 0 Å². The van der Waals surface area contributed by atoms with E-state index in [1.807, 2.05) is 0 Å². The molecule has 3 nitrogen and oxygen atoms in total. The molecule has 1 aromatic rings. The largest absolute Gasteiger partial charge is 0.421 e. The van der Waals surface area contributed by atoms with Gasteiger partial charge in [-0.05, 0) is 12.1 Å². The lowest BCUT2D eigenvalue weighted by Gasteiger charge is -2.18. The van der Waals surface area contributed by atoms with E-state index < -0.39 is 11.8 Å². The summed E-state index contributed by atoms with van der Waals surface area (Å²) in [7, 11) is 0. The molecule has 1 aliphatic rings. The van der Waals surface area contributed by atoms with Crippen LogP contribution in [0.1, 0.15) is 20.7 Å². The Balaban J connectivity index is 2.69. The van der Waals surface area contributed by atoms with Crippen LogP contribution in [-0.4, -0.2) is 12.3 Å². The van der Waals surface area contributed by atoms with E-state index in [0.29, 0.717) is 6.29 Å². The van der Waals surface area contributed by atoms with Crippen molar-refractivity contribution < 1.29 is 18.7 Å². The molecule has 12 heavy (non-hydrogen) atoms. The number of halogens is 1. The SMILES string of the molecule is O=Cc1ccc(F)c2c1OC2=O. The average molecular weight is 166 g/mol. The molecule has 0 radical (unpaired) electrons. The van der Waals surface area contributed by atoms with Gasteiger partial charge in [-0.3, -0.25) is 4.79 Å². The summed E-state index contributed by atoms with van der Waals surface area (Å²) in [5.74, 6) is -1.31. The van der Waals surface area contributed by atoms with Crippen LogP contribution in [0.25, 0.3) is 0 Å². The maximum Gasteiger partial charge on any atom is 0.350 e. The highest BCUT2D eigenvalue weighted by atomic mass is 19.1. The number of hydrogen-bond donors (Lipinski definition) is 0. The minimum absolute atomic E-state index is 0.0509. The van der Waals surface area contributed by atoms with Gasteiger partial charge in [-0.1, -0.05) is 0 Å². The van der Waals surface area contributed by atoms with E-state index in [1.54, 1.807) is 0 Å². The van der Waals surface area contributed by atoms with Gasteiger partial charge in [0.05, 0.1) is 5.56 Å². The average Bonchev–Trinajstić information content (AvgIpc) is 2.02. The molecule has 0 saturated heterocycles. The molecule has 60 valence electrons. The third kappa shape index (κ3) is 0.689. The molecule has 0 bridgehead atoms. The highest BCUT2D eigenvalue weighted by Gasteiger charge is 2.32. The minimum Gasteiger partial charge on any atom is -0.421 e.